The predicted molar refractivity (Wildman–Crippen MR) is 94.8 cm³/mol. The van der Waals surface area contributed by atoms with Gasteiger partial charge in [0.1, 0.15) is 0 Å². The third-order valence-electron chi connectivity index (χ3n) is 5.54. The second-order valence-electron chi connectivity index (χ2n) is 7.38. The molecular formula is C19H29N3O2. The van der Waals surface area contributed by atoms with E-state index in [1.54, 1.807) is 0 Å². The van der Waals surface area contributed by atoms with Crippen molar-refractivity contribution < 1.29 is 9.90 Å². The number of aromatic nitrogens is 1. The summed E-state index contributed by atoms with van der Waals surface area (Å²) >= 11 is 0. The Labute approximate surface area is 144 Å². The molecular weight excluding hydrogens is 302 g/mol. The number of aliphatic hydroxyl groups is 1. The van der Waals surface area contributed by atoms with Crippen LogP contribution in [0.25, 0.3) is 0 Å². The molecule has 2 fully saturated rings. The van der Waals surface area contributed by atoms with E-state index >= 15 is 0 Å². The zero-order valence-electron chi connectivity index (χ0n) is 14.4. The molecule has 2 N–H and O–H groups in total. The molecule has 5 nitrogen and oxygen atoms in total. The molecule has 1 saturated carbocycles. The van der Waals surface area contributed by atoms with E-state index in [0.29, 0.717) is 5.92 Å². The van der Waals surface area contributed by atoms with Crippen molar-refractivity contribution in [2.24, 2.45) is 5.92 Å². The third-order valence-corrected chi connectivity index (χ3v) is 5.54. The van der Waals surface area contributed by atoms with Crippen LogP contribution in [0.1, 0.15) is 51.4 Å². The molecule has 2 aliphatic rings. The Hall–Kier alpha value is -1.62. The maximum Gasteiger partial charge on any atom is 0.222 e. The number of nitrogens with zero attached hydrogens (tertiary/aromatic N) is 2. The number of nitrogens with one attached hydrogen (secondary N) is 1. The van der Waals surface area contributed by atoms with Gasteiger partial charge in [0.2, 0.25) is 5.91 Å². The molecule has 5 heteroatoms. The molecule has 0 bridgehead atoms. The zero-order valence-corrected chi connectivity index (χ0v) is 14.4. The summed E-state index contributed by atoms with van der Waals surface area (Å²) < 4.78 is 0. The first kappa shape index (κ1) is 17.2. The molecule has 24 heavy (non-hydrogen) atoms. The van der Waals surface area contributed by atoms with Crippen LogP contribution >= 0.6 is 0 Å². The Bertz CT molecular complexity index is 521. The monoisotopic (exact) mass is 331 g/mol. The SMILES string of the molecule is O=C(CC1(O)CCCC1)NCCC1CCN(c2ccncc2)CC1. The van der Waals surface area contributed by atoms with Crippen molar-refractivity contribution in [1.29, 1.82) is 0 Å². The third kappa shape index (κ3) is 4.69. The van der Waals surface area contributed by atoms with Crippen LogP contribution in [-0.4, -0.2) is 41.2 Å². The molecule has 1 aromatic heterocycles. The van der Waals surface area contributed by atoms with Gasteiger partial charge in [-0.2, -0.15) is 0 Å². The van der Waals surface area contributed by atoms with E-state index in [1.165, 1.54) is 18.5 Å². The highest BCUT2D eigenvalue weighted by atomic mass is 16.3. The van der Waals surface area contributed by atoms with Crippen molar-refractivity contribution in [1.82, 2.24) is 10.3 Å². The van der Waals surface area contributed by atoms with Crippen LogP contribution in [0.4, 0.5) is 5.69 Å². The molecule has 0 aromatic carbocycles. The molecule has 0 atom stereocenters. The second-order valence-corrected chi connectivity index (χ2v) is 7.38. The second kappa shape index (κ2) is 7.97. The van der Waals surface area contributed by atoms with E-state index in [0.717, 1.165) is 51.7 Å². The molecule has 2 heterocycles. The van der Waals surface area contributed by atoms with Crippen LogP contribution in [0.3, 0.4) is 0 Å². The lowest BCUT2D eigenvalue weighted by atomic mass is 9.93. The first-order valence-corrected chi connectivity index (χ1v) is 9.29. The fraction of sp³-hybridized carbons (Fsp3) is 0.684. The standard InChI is InChI=1S/C19H29N3O2/c23-18(15-19(24)8-1-2-9-19)21-12-3-16-6-13-22(14-7-16)17-4-10-20-11-5-17/h4-5,10-11,16,24H,1-3,6-9,12-15H2,(H,21,23). The van der Waals surface area contributed by atoms with Crippen LogP contribution < -0.4 is 10.2 Å². The Morgan fingerprint density at radius 1 is 1.25 bits per heavy atom. The molecule has 1 aromatic rings. The van der Waals surface area contributed by atoms with Crippen molar-refractivity contribution >= 4 is 11.6 Å². The van der Waals surface area contributed by atoms with E-state index in [9.17, 15) is 9.90 Å². The average Bonchev–Trinajstić information content (AvgIpc) is 3.02. The highest BCUT2D eigenvalue weighted by Crippen LogP contribution is 2.32. The first-order chi connectivity index (χ1) is 11.6. The van der Waals surface area contributed by atoms with E-state index in [2.05, 4.69) is 27.3 Å². The summed E-state index contributed by atoms with van der Waals surface area (Å²) in [7, 11) is 0. The van der Waals surface area contributed by atoms with Crippen LogP contribution in [0.15, 0.2) is 24.5 Å². The smallest absolute Gasteiger partial charge is 0.222 e. The molecule has 0 radical (unpaired) electrons. The Morgan fingerprint density at radius 2 is 1.92 bits per heavy atom. The lowest BCUT2D eigenvalue weighted by molar-refractivity contribution is -0.125. The van der Waals surface area contributed by atoms with E-state index in [1.807, 2.05) is 12.4 Å². The number of piperidine rings is 1. The Morgan fingerprint density at radius 3 is 2.58 bits per heavy atom. The summed E-state index contributed by atoms with van der Waals surface area (Å²) in [6, 6.07) is 4.13. The van der Waals surface area contributed by atoms with Crippen molar-refractivity contribution in [3.63, 3.8) is 0 Å². The lowest BCUT2D eigenvalue weighted by Gasteiger charge is -2.33. The Kier molecular flexibility index (Phi) is 5.72. The summed E-state index contributed by atoms with van der Waals surface area (Å²) in [5, 5.41) is 13.3. The summed E-state index contributed by atoms with van der Waals surface area (Å²) in [6.45, 7) is 2.87. The van der Waals surface area contributed by atoms with E-state index < -0.39 is 5.60 Å². The van der Waals surface area contributed by atoms with Crippen LogP contribution in [-0.2, 0) is 4.79 Å². The highest BCUT2D eigenvalue weighted by molar-refractivity contribution is 5.77. The quantitative estimate of drug-likeness (QED) is 0.840. The van der Waals surface area contributed by atoms with Gasteiger partial charge < -0.3 is 15.3 Å². The average molecular weight is 331 g/mol. The van der Waals surface area contributed by atoms with Crippen molar-refractivity contribution in [2.45, 2.75) is 57.0 Å². The van der Waals surface area contributed by atoms with Gasteiger partial charge in [0.15, 0.2) is 0 Å². The summed E-state index contributed by atoms with van der Waals surface area (Å²) in [4.78, 5) is 18.5. The largest absolute Gasteiger partial charge is 0.389 e. The fourth-order valence-corrected chi connectivity index (χ4v) is 4.02. The minimum atomic E-state index is -0.736. The van der Waals surface area contributed by atoms with Crippen LogP contribution in [0.2, 0.25) is 0 Å². The van der Waals surface area contributed by atoms with Crippen LogP contribution in [0, 0.1) is 5.92 Å². The maximum atomic E-state index is 12.0. The zero-order chi connectivity index (χ0) is 16.8. The van der Waals surface area contributed by atoms with Crippen molar-refractivity contribution in [3.05, 3.63) is 24.5 Å². The van der Waals surface area contributed by atoms with Gasteiger partial charge in [0.05, 0.1) is 12.0 Å². The van der Waals surface area contributed by atoms with Gasteiger partial charge in [-0.1, -0.05) is 12.8 Å². The lowest BCUT2D eigenvalue weighted by Crippen LogP contribution is -2.37. The van der Waals surface area contributed by atoms with E-state index in [4.69, 9.17) is 0 Å². The molecule has 0 spiro atoms. The van der Waals surface area contributed by atoms with Crippen molar-refractivity contribution in [3.8, 4) is 0 Å². The summed E-state index contributed by atoms with van der Waals surface area (Å²) in [6.07, 6.45) is 11.0. The minimum Gasteiger partial charge on any atom is -0.389 e. The van der Waals surface area contributed by atoms with Crippen LogP contribution in [0.5, 0.6) is 0 Å². The minimum absolute atomic E-state index is 0.00798. The fourth-order valence-electron chi connectivity index (χ4n) is 4.02. The number of anilines is 1. The van der Waals surface area contributed by atoms with Gasteiger partial charge in [0.25, 0.3) is 0 Å². The van der Waals surface area contributed by atoms with Gasteiger partial charge in [-0.3, -0.25) is 9.78 Å². The number of hydrogen-bond acceptors (Lipinski definition) is 4. The number of carbonyl (C=O) groups excluding carboxylic acids is 1. The normalized spacial score (nSPS) is 21.0. The number of rotatable bonds is 6. The number of amides is 1. The summed E-state index contributed by atoms with van der Waals surface area (Å²) in [5.74, 6) is 0.687. The van der Waals surface area contributed by atoms with E-state index in [-0.39, 0.29) is 12.3 Å². The molecule has 1 amide bonds. The summed E-state index contributed by atoms with van der Waals surface area (Å²) in [5.41, 5.74) is 0.515. The maximum absolute atomic E-state index is 12.0. The molecule has 1 saturated heterocycles. The van der Waals surface area contributed by atoms with Gasteiger partial charge in [-0.15, -0.1) is 0 Å². The van der Waals surface area contributed by atoms with Gasteiger partial charge in [-0.05, 0) is 50.2 Å². The van der Waals surface area contributed by atoms with Gasteiger partial charge in [0, 0.05) is 37.7 Å². The highest BCUT2D eigenvalue weighted by Gasteiger charge is 2.33. The molecule has 1 aliphatic carbocycles. The number of pyridine rings is 1. The Balaban J connectivity index is 1.33. The number of hydrogen-bond donors (Lipinski definition) is 2. The molecule has 0 unspecified atom stereocenters. The first-order valence-electron chi connectivity index (χ1n) is 9.29. The molecule has 132 valence electrons. The van der Waals surface area contributed by atoms with Crippen molar-refractivity contribution in [2.75, 3.05) is 24.5 Å². The number of carbonyl (C=O) groups is 1. The van der Waals surface area contributed by atoms with Gasteiger partial charge in [-0.25, -0.2) is 0 Å². The molecule has 3 rings (SSSR count). The molecule has 1 aliphatic heterocycles. The topological polar surface area (TPSA) is 65.5 Å². The van der Waals surface area contributed by atoms with Gasteiger partial charge >= 0.3 is 0 Å². The predicted octanol–water partition coefficient (Wildman–Crippen LogP) is 2.50.